The SMILES string of the molecule is CC(CNC(=O)CSc1nc2scc(-c3cccs3)c2c(=O)n1C)c1ccccc1. The summed E-state index contributed by atoms with van der Waals surface area (Å²) in [5.41, 5.74) is 2.05. The Bertz CT molecular complexity index is 1210. The van der Waals surface area contributed by atoms with Crippen molar-refractivity contribution in [3.8, 4) is 10.4 Å². The minimum absolute atomic E-state index is 0.0671. The van der Waals surface area contributed by atoms with Crippen LogP contribution in [0.15, 0.2) is 63.2 Å². The molecule has 8 heteroatoms. The van der Waals surface area contributed by atoms with Gasteiger partial charge in [-0.2, -0.15) is 0 Å². The number of hydrogen-bond acceptors (Lipinski definition) is 6. The maximum absolute atomic E-state index is 13.0. The van der Waals surface area contributed by atoms with E-state index >= 15 is 0 Å². The van der Waals surface area contributed by atoms with Crippen LogP contribution in [0.5, 0.6) is 0 Å². The number of thioether (sulfide) groups is 1. The van der Waals surface area contributed by atoms with Crippen LogP contribution in [0.2, 0.25) is 0 Å². The van der Waals surface area contributed by atoms with Gasteiger partial charge in [-0.1, -0.05) is 55.1 Å². The highest BCUT2D eigenvalue weighted by atomic mass is 32.2. The smallest absolute Gasteiger partial charge is 0.263 e. The van der Waals surface area contributed by atoms with Gasteiger partial charge in [0, 0.05) is 29.4 Å². The highest BCUT2D eigenvalue weighted by Crippen LogP contribution is 2.34. The number of carbonyl (C=O) groups excluding carboxylic acids is 1. The minimum Gasteiger partial charge on any atom is -0.355 e. The number of rotatable bonds is 7. The van der Waals surface area contributed by atoms with Crippen LogP contribution in [-0.4, -0.2) is 27.8 Å². The van der Waals surface area contributed by atoms with Crippen molar-refractivity contribution in [2.75, 3.05) is 12.3 Å². The Hall–Kier alpha value is -2.42. The average Bonchev–Trinajstić information content (AvgIpc) is 3.44. The van der Waals surface area contributed by atoms with Crippen LogP contribution in [0.3, 0.4) is 0 Å². The van der Waals surface area contributed by atoms with Gasteiger partial charge in [-0.25, -0.2) is 4.98 Å². The van der Waals surface area contributed by atoms with Crippen molar-refractivity contribution in [3.05, 3.63) is 69.1 Å². The normalized spacial score (nSPS) is 12.2. The molecule has 0 fully saturated rings. The van der Waals surface area contributed by atoms with E-state index in [1.54, 1.807) is 18.4 Å². The van der Waals surface area contributed by atoms with Gasteiger partial charge in [-0.15, -0.1) is 22.7 Å². The topological polar surface area (TPSA) is 64.0 Å². The molecule has 0 saturated heterocycles. The van der Waals surface area contributed by atoms with Crippen molar-refractivity contribution in [2.45, 2.75) is 18.0 Å². The summed E-state index contributed by atoms with van der Waals surface area (Å²) in [6.45, 7) is 2.66. The van der Waals surface area contributed by atoms with E-state index in [9.17, 15) is 9.59 Å². The number of nitrogens with zero attached hydrogens (tertiary/aromatic N) is 2. The third-order valence-electron chi connectivity index (χ3n) is 4.87. The molecule has 0 saturated carbocycles. The van der Waals surface area contributed by atoms with Gasteiger partial charge in [0.2, 0.25) is 5.91 Å². The van der Waals surface area contributed by atoms with E-state index in [0.717, 1.165) is 10.4 Å². The first-order chi connectivity index (χ1) is 14.5. The molecule has 154 valence electrons. The van der Waals surface area contributed by atoms with E-state index < -0.39 is 0 Å². The third kappa shape index (κ3) is 4.35. The summed E-state index contributed by atoms with van der Waals surface area (Å²) in [6.07, 6.45) is 0. The van der Waals surface area contributed by atoms with Gasteiger partial charge in [0.1, 0.15) is 4.83 Å². The van der Waals surface area contributed by atoms with Gasteiger partial charge in [0.05, 0.1) is 11.1 Å². The van der Waals surface area contributed by atoms with E-state index in [1.165, 1.54) is 33.2 Å². The maximum atomic E-state index is 13.0. The van der Waals surface area contributed by atoms with Crippen molar-refractivity contribution in [3.63, 3.8) is 0 Å². The Balaban J connectivity index is 1.43. The van der Waals surface area contributed by atoms with Gasteiger partial charge < -0.3 is 5.32 Å². The quantitative estimate of drug-likeness (QED) is 0.323. The summed E-state index contributed by atoms with van der Waals surface area (Å²) in [5, 5.41) is 8.16. The van der Waals surface area contributed by atoms with E-state index in [1.807, 2.05) is 41.1 Å². The second-order valence-corrected chi connectivity index (χ2v) is 9.72. The van der Waals surface area contributed by atoms with Gasteiger partial charge in [0.25, 0.3) is 5.56 Å². The lowest BCUT2D eigenvalue weighted by molar-refractivity contribution is -0.118. The second-order valence-electron chi connectivity index (χ2n) is 6.97. The lowest BCUT2D eigenvalue weighted by Crippen LogP contribution is -2.29. The molecule has 1 amide bonds. The zero-order chi connectivity index (χ0) is 21.1. The number of benzene rings is 1. The number of carbonyl (C=O) groups is 1. The van der Waals surface area contributed by atoms with Crippen LogP contribution in [0, 0.1) is 0 Å². The van der Waals surface area contributed by atoms with Crippen molar-refractivity contribution in [1.29, 1.82) is 0 Å². The molecule has 0 aliphatic rings. The van der Waals surface area contributed by atoms with Crippen LogP contribution in [0.1, 0.15) is 18.4 Å². The van der Waals surface area contributed by atoms with Crippen molar-refractivity contribution < 1.29 is 4.79 Å². The lowest BCUT2D eigenvalue weighted by Gasteiger charge is -2.13. The van der Waals surface area contributed by atoms with Crippen molar-refractivity contribution in [2.24, 2.45) is 7.05 Å². The molecule has 0 aliphatic carbocycles. The zero-order valence-electron chi connectivity index (χ0n) is 16.6. The number of nitrogens with one attached hydrogen (secondary N) is 1. The van der Waals surface area contributed by atoms with Crippen molar-refractivity contribution >= 4 is 50.6 Å². The number of amides is 1. The molecule has 0 aliphatic heterocycles. The molecular formula is C22H21N3O2S3. The molecule has 4 aromatic rings. The number of hydrogen-bond donors (Lipinski definition) is 1. The summed E-state index contributed by atoms with van der Waals surface area (Å²) < 4.78 is 1.54. The molecule has 0 bridgehead atoms. The molecule has 30 heavy (non-hydrogen) atoms. The van der Waals surface area contributed by atoms with Crippen LogP contribution in [0.25, 0.3) is 20.7 Å². The van der Waals surface area contributed by atoms with Gasteiger partial charge in [0.15, 0.2) is 5.16 Å². The van der Waals surface area contributed by atoms with E-state index in [2.05, 4.69) is 29.4 Å². The second kappa shape index (κ2) is 9.16. The molecule has 1 atom stereocenters. The summed E-state index contributed by atoms with van der Waals surface area (Å²) in [7, 11) is 1.71. The fourth-order valence-corrected chi connectivity index (χ4v) is 5.75. The maximum Gasteiger partial charge on any atom is 0.263 e. The number of fused-ring (bicyclic) bond motifs is 1. The largest absolute Gasteiger partial charge is 0.355 e. The fraction of sp³-hybridized carbons (Fsp3) is 0.227. The molecule has 0 spiro atoms. The zero-order valence-corrected chi connectivity index (χ0v) is 19.1. The molecular weight excluding hydrogens is 434 g/mol. The molecule has 4 rings (SSSR count). The number of thiophene rings is 2. The van der Waals surface area contributed by atoms with E-state index in [-0.39, 0.29) is 23.1 Å². The Morgan fingerprint density at radius 3 is 2.73 bits per heavy atom. The van der Waals surface area contributed by atoms with Crippen molar-refractivity contribution in [1.82, 2.24) is 14.9 Å². The van der Waals surface area contributed by atoms with Gasteiger partial charge >= 0.3 is 0 Å². The molecule has 3 heterocycles. The van der Waals surface area contributed by atoms with Gasteiger partial charge in [-0.05, 0) is 22.9 Å². The summed E-state index contributed by atoms with van der Waals surface area (Å²) in [5.74, 6) is 0.388. The average molecular weight is 456 g/mol. The van der Waals surface area contributed by atoms with E-state index in [0.29, 0.717) is 21.9 Å². The Kier molecular flexibility index (Phi) is 6.36. The number of aromatic nitrogens is 2. The summed E-state index contributed by atoms with van der Waals surface area (Å²) in [6, 6.07) is 14.1. The molecule has 5 nitrogen and oxygen atoms in total. The fourth-order valence-electron chi connectivity index (χ4n) is 3.14. The molecule has 1 N–H and O–H groups in total. The standard InChI is InChI=1S/C22H21N3O2S3/c1-14(15-7-4-3-5-8-15)11-23-18(26)13-30-22-24-20-19(21(27)25(22)2)16(12-29-20)17-9-6-10-28-17/h3-10,12,14H,11,13H2,1-2H3,(H,23,26). The minimum atomic E-state index is -0.0785. The predicted molar refractivity (Wildman–Crippen MR) is 127 cm³/mol. The van der Waals surface area contributed by atoms with Crippen LogP contribution in [0.4, 0.5) is 0 Å². The Labute approximate surface area is 186 Å². The molecule has 1 unspecified atom stereocenters. The molecule has 0 radical (unpaired) electrons. The first-order valence-corrected chi connectivity index (χ1v) is 12.3. The predicted octanol–water partition coefficient (Wildman–Crippen LogP) is 4.74. The first kappa shape index (κ1) is 20.8. The van der Waals surface area contributed by atoms with Crippen LogP contribution < -0.4 is 10.9 Å². The molecule has 1 aromatic carbocycles. The highest BCUT2D eigenvalue weighted by Gasteiger charge is 2.17. The van der Waals surface area contributed by atoms with Crippen LogP contribution in [-0.2, 0) is 11.8 Å². The first-order valence-electron chi connectivity index (χ1n) is 9.51. The monoisotopic (exact) mass is 455 g/mol. The third-order valence-corrected chi connectivity index (χ3v) is 7.67. The lowest BCUT2D eigenvalue weighted by atomic mass is 10.0. The highest BCUT2D eigenvalue weighted by molar-refractivity contribution is 7.99. The Morgan fingerprint density at radius 1 is 1.20 bits per heavy atom. The Morgan fingerprint density at radius 2 is 2.00 bits per heavy atom. The summed E-state index contributed by atoms with van der Waals surface area (Å²) >= 11 is 4.36. The van der Waals surface area contributed by atoms with E-state index in [4.69, 9.17) is 0 Å². The molecule has 3 aromatic heterocycles. The van der Waals surface area contributed by atoms with Gasteiger partial charge in [-0.3, -0.25) is 14.2 Å². The summed E-state index contributed by atoms with van der Waals surface area (Å²) in [4.78, 5) is 31.7. The van der Waals surface area contributed by atoms with Crippen LogP contribution >= 0.6 is 34.4 Å².